The highest BCUT2D eigenvalue weighted by molar-refractivity contribution is 5.94. The molecule has 0 saturated heterocycles. The van der Waals surface area contributed by atoms with E-state index in [2.05, 4.69) is 34.6 Å². The van der Waals surface area contributed by atoms with Gasteiger partial charge in [-0.15, -0.1) is 0 Å². The minimum Gasteiger partial charge on any atom is -0.329 e. The van der Waals surface area contributed by atoms with E-state index in [1.165, 1.54) is 5.56 Å². The Morgan fingerprint density at radius 2 is 1.59 bits per heavy atom. The van der Waals surface area contributed by atoms with Crippen LogP contribution in [0.3, 0.4) is 0 Å². The molecule has 4 rings (SSSR count). The van der Waals surface area contributed by atoms with Gasteiger partial charge in [-0.2, -0.15) is 0 Å². The minimum absolute atomic E-state index is 0.00965. The van der Waals surface area contributed by atoms with Gasteiger partial charge in [0, 0.05) is 12.1 Å². The van der Waals surface area contributed by atoms with Crippen molar-refractivity contribution in [1.82, 2.24) is 14.5 Å². The van der Waals surface area contributed by atoms with Crippen molar-refractivity contribution >= 4 is 16.8 Å². The highest BCUT2D eigenvalue weighted by atomic mass is 16.2. The molecule has 1 aromatic heterocycles. The molecule has 0 spiro atoms. The molecule has 1 amide bonds. The molecule has 0 aliphatic heterocycles. The highest BCUT2D eigenvalue weighted by Crippen LogP contribution is 2.27. The first-order chi connectivity index (χ1) is 17.7. The summed E-state index contributed by atoms with van der Waals surface area (Å²) in [5, 5.41) is 0.565. The number of hydrogen-bond donors (Lipinski definition) is 0. The molecule has 0 bridgehead atoms. The average molecular weight is 496 g/mol. The Hall–Kier alpha value is -3.73. The molecule has 1 heterocycles. The summed E-state index contributed by atoms with van der Waals surface area (Å²) in [4.78, 5) is 34.6. The zero-order chi connectivity index (χ0) is 26.7. The molecule has 1 unspecified atom stereocenters. The summed E-state index contributed by atoms with van der Waals surface area (Å²) in [7, 11) is 0. The number of aryl methyl sites for hydroxylation is 1. The summed E-state index contributed by atoms with van der Waals surface area (Å²) >= 11 is 0. The first-order valence-corrected chi connectivity index (χ1v) is 13.2. The van der Waals surface area contributed by atoms with Gasteiger partial charge in [0.15, 0.2) is 0 Å². The molecular weight excluding hydrogens is 458 g/mol. The molecular formula is C32H37N3O2. The van der Waals surface area contributed by atoms with Crippen LogP contribution >= 0.6 is 0 Å². The van der Waals surface area contributed by atoms with Crippen LogP contribution in [-0.2, 0) is 11.8 Å². The van der Waals surface area contributed by atoms with E-state index in [9.17, 15) is 9.59 Å². The SMILES string of the molecule is CCCN(C(=O)c1ccc(C(C)(C)C)cc1)C(C)c1nc2ccccc2c(=O)n1-c1ccccc1CC. The van der Waals surface area contributed by atoms with Gasteiger partial charge < -0.3 is 4.90 Å². The average Bonchev–Trinajstić information content (AvgIpc) is 2.90. The third kappa shape index (κ3) is 5.22. The van der Waals surface area contributed by atoms with Gasteiger partial charge in [-0.25, -0.2) is 4.98 Å². The summed E-state index contributed by atoms with van der Waals surface area (Å²) in [6.45, 7) is 13.1. The molecule has 0 N–H and O–H groups in total. The largest absolute Gasteiger partial charge is 0.329 e. The Morgan fingerprint density at radius 3 is 2.24 bits per heavy atom. The second-order valence-electron chi connectivity index (χ2n) is 10.6. The lowest BCUT2D eigenvalue weighted by Gasteiger charge is -2.31. The summed E-state index contributed by atoms with van der Waals surface area (Å²) in [5.41, 5.74) is 4.22. The smallest absolute Gasteiger partial charge is 0.266 e. The van der Waals surface area contributed by atoms with Gasteiger partial charge in [0.1, 0.15) is 5.82 Å². The first kappa shape index (κ1) is 26.3. The van der Waals surface area contributed by atoms with Crippen LogP contribution < -0.4 is 5.56 Å². The van der Waals surface area contributed by atoms with Gasteiger partial charge in [-0.05, 0) is 66.6 Å². The van der Waals surface area contributed by atoms with E-state index in [1.54, 1.807) is 4.57 Å². The van der Waals surface area contributed by atoms with Crippen molar-refractivity contribution in [2.45, 2.75) is 65.8 Å². The summed E-state index contributed by atoms with van der Waals surface area (Å²) in [6, 6.07) is 22.8. The van der Waals surface area contributed by atoms with Crippen molar-refractivity contribution in [3.05, 3.63) is 106 Å². The topological polar surface area (TPSA) is 55.2 Å². The third-order valence-electron chi connectivity index (χ3n) is 6.98. The van der Waals surface area contributed by atoms with Crippen LogP contribution in [0.1, 0.15) is 81.3 Å². The van der Waals surface area contributed by atoms with Crippen molar-refractivity contribution < 1.29 is 4.79 Å². The van der Waals surface area contributed by atoms with Crippen LogP contribution in [0, 0.1) is 0 Å². The number of amides is 1. The Balaban J connectivity index is 1.87. The molecule has 0 saturated carbocycles. The normalized spacial score (nSPS) is 12.5. The quantitative estimate of drug-likeness (QED) is 0.281. The van der Waals surface area contributed by atoms with Crippen LogP contribution in [0.25, 0.3) is 16.6 Å². The first-order valence-electron chi connectivity index (χ1n) is 13.2. The Bertz CT molecular complexity index is 1460. The summed E-state index contributed by atoms with van der Waals surface area (Å²) in [6.07, 6.45) is 1.57. The van der Waals surface area contributed by atoms with Gasteiger partial charge in [-0.3, -0.25) is 14.2 Å². The number of benzene rings is 3. The highest BCUT2D eigenvalue weighted by Gasteiger charge is 2.28. The zero-order valence-corrected chi connectivity index (χ0v) is 22.8. The standard InChI is InChI=1S/C32H37N3O2/c1-7-21-34(30(36)24-17-19-25(20-18-24)32(4,5)6)22(3)29-33-27-15-11-10-14-26(27)31(37)35(29)28-16-12-9-13-23(28)8-2/h9-20,22H,7-8,21H2,1-6H3. The van der Waals surface area contributed by atoms with Gasteiger partial charge in [0.05, 0.1) is 22.6 Å². The molecule has 192 valence electrons. The van der Waals surface area contributed by atoms with Gasteiger partial charge in [0.25, 0.3) is 11.5 Å². The molecule has 37 heavy (non-hydrogen) atoms. The van der Waals surface area contributed by atoms with Crippen molar-refractivity contribution in [1.29, 1.82) is 0 Å². The fourth-order valence-electron chi connectivity index (χ4n) is 4.82. The fraction of sp³-hybridized carbons (Fsp3) is 0.344. The van der Waals surface area contributed by atoms with Crippen molar-refractivity contribution in [2.24, 2.45) is 0 Å². The molecule has 0 radical (unpaired) electrons. The molecule has 0 fully saturated rings. The van der Waals surface area contributed by atoms with E-state index in [4.69, 9.17) is 4.98 Å². The van der Waals surface area contributed by atoms with E-state index >= 15 is 0 Å². The molecule has 5 nitrogen and oxygen atoms in total. The second kappa shape index (κ2) is 10.7. The number of carbonyl (C=O) groups excluding carboxylic acids is 1. The maximum atomic E-state index is 13.9. The van der Waals surface area contributed by atoms with E-state index in [0.29, 0.717) is 28.8 Å². The lowest BCUT2D eigenvalue weighted by molar-refractivity contribution is 0.0681. The lowest BCUT2D eigenvalue weighted by Crippen LogP contribution is -2.38. The van der Waals surface area contributed by atoms with E-state index in [0.717, 1.165) is 24.1 Å². The van der Waals surface area contributed by atoms with Crippen molar-refractivity contribution in [3.8, 4) is 5.69 Å². The predicted octanol–water partition coefficient (Wildman–Crippen LogP) is 6.86. The monoisotopic (exact) mass is 495 g/mol. The second-order valence-corrected chi connectivity index (χ2v) is 10.6. The van der Waals surface area contributed by atoms with E-state index in [-0.39, 0.29) is 16.9 Å². The summed E-state index contributed by atoms with van der Waals surface area (Å²) < 4.78 is 1.71. The number of carbonyl (C=O) groups is 1. The van der Waals surface area contributed by atoms with Gasteiger partial charge in [0.2, 0.25) is 0 Å². The number of nitrogens with zero attached hydrogens (tertiary/aromatic N) is 3. The molecule has 0 aliphatic carbocycles. The minimum atomic E-state index is -0.419. The van der Waals surface area contributed by atoms with Crippen LogP contribution in [-0.4, -0.2) is 26.9 Å². The number of hydrogen-bond acceptors (Lipinski definition) is 3. The molecule has 0 aliphatic rings. The van der Waals surface area contributed by atoms with Crippen LogP contribution in [0.5, 0.6) is 0 Å². The molecule has 4 aromatic rings. The number of rotatable bonds is 7. The predicted molar refractivity (Wildman–Crippen MR) is 152 cm³/mol. The number of aromatic nitrogens is 2. The number of fused-ring (bicyclic) bond motifs is 1. The lowest BCUT2D eigenvalue weighted by atomic mass is 9.86. The summed E-state index contributed by atoms with van der Waals surface area (Å²) in [5.74, 6) is 0.505. The Labute approximate surface area is 219 Å². The van der Waals surface area contributed by atoms with Crippen LogP contribution in [0.15, 0.2) is 77.6 Å². The van der Waals surface area contributed by atoms with Gasteiger partial charge >= 0.3 is 0 Å². The molecule has 5 heteroatoms. The Morgan fingerprint density at radius 1 is 0.946 bits per heavy atom. The maximum absolute atomic E-state index is 13.9. The maximum Gasteiger partial charge on any atom is 0.266 e. The fourth-order valence-corrected chi connectivity index (χ4v) is 4.82. The van der Waals surface area contributed by atoms with Gasteiger partial charge in [-0.1, -0.05) is 77.1 Å². The van der Waals surface area contributed by atoms with Crippen molar-refractivity contribution in [3.63, 3.8) is 0 Å². The molecule has 3 aromatic carbocycles. The van der Waals surface area contributed by atoms with Crippen LogP contribution in [0.2, 0.25) is 0 Å². The van der Waals surface area contributed by atoms with E-state index in [1.807, 2.05) is 84.6 Å². The molecule has 1 atom stereocenters. The van der Waals surface area contributed by atoms with Crippen molar-refractivity contribution in [2.75, 3.05) is 6.54 Å². The number of para-hydroxylation sites is 2. The van der Waals surface area contributed by atoms with E-state index < -0.39 is 6.04 Å². The third-order valence-corrected chi connectivity index (χ3v) is 6.98. The zero-order valence-electron chi connectivity index (χ0n) is 22.8. The van der Waals surface area contributed by atoms with Crippen LogP contribution in [0.4, 0.5) is 0 Å². The Kier molecular flexibility index (Phi) is 7.63.